The second-order valence-electron chi connectivity index (χ2n) is 4.78. The zero-order chi connectivity index (χ0) is 12.3. The summed E-state index contributed by atoms with van der Waals surface area (Å²) in [6.45, 7) is 7.57. The van der Waals surface area contributed by atoms with Crippen molar-refractivity contribution in [1.29, 1.82) is 0 Å². The van der Waals surface area contributed by atoms with Gasteiger partial charge in [-0.3, -0.25) is 0 Å². The lowest BCUT2D eigenvalue weighted by molar-refractivity contribution is 0.438. The summed E-state index contributed by atoms with van der Waals surface area (Å²) in [4.78, 5) is 7.08. The fourth-order valence-corrected chi connectivity index (χ4v) is 2.47. The van der Waals surface area contributed by atoms with Crippen molar-refractivity contribution in [2.45, 2.75) is 45.7 Å². The molecule has 0 saturated carbocycles. The highest BCUT2D eigenvalue weighted by molar-refractivity contribution is 5.34. The normalized spacial score (nSPS) is 20.5. The summed E-state index contributed by atoms with van der Waals surface area (Å²) in [5.41, 5.74) is 1.19. The van der Waals surface area contributed by atoms with Crippen LogP contribution in [0.25, 0.3) is 0 Å². The third-order valence-electron chi connectivity index (χ3n) is 3.64. The summed E-state index contributed by atoms with van der Waals surface area (Å²) >= 11 is 0. The monoisotopic (exact) mass is 236 g/mol. The van der Waals surface area contributed by atoms with Crippen molar-refractivity contribution in [2.24, 2.45) is 0 Å². The predicted molar refractivity (Wildman–Crippen MR) is 71.6 cm³/mol. The first kappa shape index (κ1) is 12.4. The van der Waals surface area contributed by atoms with Gasteiger partial charge in [-0.15, -0.1) is 0 Å². The molecular weight excluding hydrogens is 212 g/mol. The number of imidazole rings is 1. The van der Waals surface area contributed by atoms with E-state index in [1.54, 1.807) is 0 Å². The molecule has 4 heteroatoms. The summed E-state index contributed by atoms with van der Waals surface area (Å²) in [5, 5.41) is 3.47. The molecule has 2 rings (SSSR count). The number of aromatic nitrogens is 2. The average Bonchev–Trinajstić information content (AvgIpc) is 2.82. The Morgan fingerprint density at radius 2 is 2.35 bits per heavy atom. The van der Waals surface area contributed by atoms with Gasteiger partial charge in [0.1, 0.15) is 0 Å². The van der Waals surface area contributed by atoms with Crippen LogP contribution in [-0.4, -0.2) is 35.7 Å². The Hall–Kier alpha value is -1.03. The van der Waals surface area contributed by atoms with E-state index in [0.29, 0.717) is 6.04 Å². The number of hydrogen-bond donors (Lipinski definition) is 1. The summed E-state index contributed by atoms with van der Waals surface area (Å²) < 4.78 is 2.26. The van der Waals surface area contributed by atoms with Gasteiger partial charge in [-0.2, -0.15) is 0 Å². The maximum Gasteiger partial charge on any atom is 0.205 e. The minimum absolute atomic E-state index is 0.584. The molecule has 0 aliphatic carbocycles. The molecule has 1 unspecified atom stereocenters. The van der Waals surface area contributed by atoms with Crippen LogP contribution < -0.4 is 10.2 Å². The van der Waals surface area contributed by atoms with Crippen molar-refractivity contribution in [2.75, 3.05) is 25.0 Å². The lowest BCUT2D eigenvalue weighted by Gasteiger charge is -2.32. The van der Waals surface area contributed by atoms with Crippen LogP contribution in [0.5, 0.6) is 0 Å². The number of hydrogen-bond acceptors (Lipinski definition) is 3. The number of anilines is 1. The number of likely N-dealkylation sites (N-methyl/N-ethyl adjacent to an activating group) is 1. The van der Waals surface area contributed by atoms with Gasteiger partial charge < -0.3 is 14.8 Å². The Morgan fingerprint density at radius 3 is 2.94 bits per heavy atom. The number of nitrogens with zero attached hydrogens (tertiary/aromatic N) is 3. The third-order valence-corrected chi connectivity index (χ3v) is 3.64. The topological polar surface area (TPSA) is 33.1 Å². The van der Waals surface area contributed by atoms with Gasteiger partial charge >= 0.3 is 0 Å². The van der Waals surface area contributed by atoms with Crippen LogP contribution in [0.3, 0.4) is 0 Å². The highest BCUT2D eigenvalue weighted by Gasteiger charge is 2.21. The molecule has 2 heterocycles. The second kappa shape index (κ2) is 5.54. The Bertz CT molecular complexity index is 352. The number of rotatable bonds is 4. The van der Waals surface area contributed by atoms with Crippen LogP contribution in [0.4, 0.5) is 5.95 Å². The summed E-state index contributed by atoms with van der Waals surface area (Å²) in [7, 11) is 2.17. The van der Waals surface area contributed by atoms with Crippen LogP contribution in [0, 0.1) is 0 Å². The largest absolute Gasteiger partial charge is 0.341 e. The van der Waals surface area contributed by atoms with Crippen molar-refractivity contribution in [3.63, 3.8) is 0 Å². The van der Waals surface area contributed by atoms with E-state index in [0.717, 1.165) is 32.0 Å². The molecule has 1 N–H and O–H groups in total. The molecular formula is C13H24N4. The van der Waals surface area contributed by atoms with Crippen LogP contribution in [0.1, 0.15) is 32.4 Å². The van der Waals surface area contributed by atoms with Crippen molar-refractivity contribution < 1.29 is 0 Å². The molecule has 1 atom stereocenters. The minimum Gasteiger partial charge on any atom is -0.341 e. The highest BCUT2D eigenvalue weighted by atomic mass is 15.3. The van der Waals surface area contributed by atoms with Crippen LogP contribution in [0.15, 0.2) is 6.20 Å². The smallest absolute Gasteiger partial charge is 0.205 e. The SMILES string of the molecule is CCc1cn(CC)c(N(C)C2CCCNC2)n1. The van der Waals surface area contributed by atoms with Crippen LogP contribution in [-0.2, 0) is 13.0 Å². The first-order valence-corrected chi connectivity index (χ1v) is 6.75. The van der Waals surface area contributed by atoms with E-state index in [1.165, 1.54) is 18.5 Å². The van der Waals surface area contributed by atoms with Crippen molar-refractivity contribution in [3.05, 3.63) is 11.9 Å². The van der Waals surface area contributed by atoms with Gasteiger partial charge in [0.05, 0.1) is 5.69 Å². The van der Waals surface area contributed by atoms with Crippen molar-refractivity contribution in [3.8, 4) is 0 Å². The molecule has 1 aromatic rings. The predicted octanol–water partition coefficient (Wildman–Crippen LogP) is 1.65. The van der Waals surface area contributed by atoms with E-state index < -0.39 is 0 Å². The van der Waals surface area contributed by atoms with E-state index in [2.05, 4.69) is 41.9 Å². The molecule has 0 amide bonds. The first-order chi connectivity index (χ1) is 8.26. The molecule has 4 nitrogen and oxygen atoms in total. The first-order valence-electron chi connectivity index (χ1n) is 6.75. The molecule has 0 aromatic carbocycles. The molecule has 0 bridgehead atoms. The Kier molecular flexibility index (Phi) is 4.05. The minimum atomic E-state index is 0.584. The summed E-state index contributed by atoms with van der Waals surface area (Å²) in [5.74, 6) is 1.12. The zero-order valence-corrected chi connectivity index (χ0v) is 11.2. The number of piperidine rings is 1. The fourth-order valence-electron chi connectivity index (χ4n) is 2.47. The maximum atomic E-state index is 4.74. The van der Waals surface area contributed by atoms with Crippen LogP contribution in [0.2, 0.25) is 0 Å². The molecule has 1 aliphatic heterocycles. The second-order valence-corrected chi connectivity index (χ2v) is 4.78. The Balaban J connectivity index is 2.16. The van der Waals surface area contributed by atoms with Gasteiger partial charge in [0.15, 0.2) is 0 Å². The van der Waals surface area contributed by atoms with E-state index in [4.69, 9.17) is 4.98 Å². The van der Waals surface area contributed by atoms with Crippen molar-refractivity contribution in [1.82, 2.24) is 14.9 Å². The fraction of sp³-hybridized carbons (Fsp3) is 0.769. The standard InChI is InChI=1S/C13H24N4/c1-4-11-10-17(5-2)13(15-11)16(3)12-7-6-8-14-9-12/h10,12,14H,4-9H2,1-3H3. The number of aryl methyl sites for hydroxylation is 2. The van der Waals surface area contributed by atoms with E-state index in [-0.39, 0.29) is 0 Å². The Labute approximate surface area is 104 Å². The molecule has 0 radical (unpaired) electrons. The third kappa shape index (κ3) is 2.63. The number of nitrogens with one attached hydrogen (secondary N) is 1. The summed E-state index contributed by atoms with van der Waals surface area (Å²) in [6, 6.07) is 0.584. The molecule has 1 saturated heterocycles. The molecule has 1 aliphatic rings. The van der Waals surface area contributed by atoms with Gasteiger partial charge in [-0.25, -0.2) is 4.98 Å². The molecule has 96 valence electrons. The molecule has 0 spiro atoms. The lowest BCUT2D eigenvalue weighted by atomic mass is 10.1. The van der Waals surface area contributed by atoms with Crippen LogP contribution >= 0.6 is 0 Å². The van der Waals surface area contributed by atoms with Gasteiger partial charge in [0.2, 0.25) is 5.95 Å². The molecule has 17 heavy (non-hydrogen) atoms. The van der Waals surface area contributed by atoms with E-state index in [9.17, 15) is 0 Å². The van der Waals surface area contributed by atoms with Crippen molar-refractivity contribution >= 4 is 5.95 Å². The summed E-state index contributed by atoms with van der Waals surface area (Å²) in [6.07, 6.45) is 5.73. The quantitative estimate of drug-likeness (QED) is 0.863. The van der Waals surface area contributed by atoms with Gasteiger partial charge in [-0.05, 0) is 32.7 Å². The zero-order valence-electron chi connectivity index (χ0n) is 11.2. The molecule has 1 fully saturated rings. The Morgan fingerprint density at radius 1 is 1.53 bits per heavy atom. The van der Waals surface area contributed by atoms with Gasteiger partial charge in [0, 0.05) is 32.4 Å². The van der Waals surface area contributed by atoms with Gasteiger partial charge in [0.25, 0.3) is 0 Å². The lowest BCUT2D eigenvalue weighted by Crippen LogP contribution is -2.45. The van der Waals surface area contributed by atoms with E-state index in [1.807, 2.05) is 0 Å². The molecule has 1 aromatic heterocycles. The maximum absolute atomic E-state index is 4.74. The van der Waals surface area contributed by atoms with E-state index >= 15 is 0 Å². The average molecular weight is 236 g/mol. The highest BCUT2D eigenvalue weighted by Crippen LogP contribution is 2.19. The van der Waals surface area contributed by atoms with Gasteiger partial charge in [-0.1, -0.05) is 6.92 Å².